The number of carbonyl (C=O) groups excluding carboxylic acids is 1. The number of aromatic nitrogens is 4. The van der Waals surface area contributed by atoms with Gasteiger partial charge in [-0.05, 0) is 18.6 Å². The summed E-state index contributed by atoms with van der Waals surface area (Å²) in [6.45, 7) is 0.887. The van der Waals surface area contributed by atoms with Gasteiger partial charge < -0.3 is 10.0 Å². The van der Waals surface area contributed by atoms with Gasteiger partial charge in [0.05, 0.1) is 19.0 Å². The minimum Gasteiger partial charge on any atom is -0.477 e. The summed E-state index contributed by atoms with van der Waals surface area (Å²) in [7, 11) is 0. The van der Waals surface area contributed by atoms with E-state index >= 15 is 0 Å². The molecule has 2 aromatic heterocycles. The Hall–Kier alpha value is -2.78. The zero-order chi connectivity index (χ0) is 18.0. The van der Waals surface area contributed by atoms with E-state index in [2.05, 4.69) is 10.2 Å². The van der Waals surface area contributed by atoms with Gasteiger partial charge in [-0.15, -0.1) is 0 Å². The van der Waals surface area contributed by atoms with Crippen LogP contribution in [0.1, 0.15) is 16.9 Å². The molecule has 1 N–H and O–H groups in total. The molecule has 3 heterocycles. The molecule has 1 saturated heterocycles. The number of carbonyl (C=O) groups is 2. The Morgan fingerprint density at radius 3 is 2.72 bits per heavy atom. The van der Waals surface area contributed by atoms with Crippen LogP contribution in [0.3, 0.4) is 0 Å². The van der Waals surface area contributed by atoms with Crippen LogP contribution >= 0.6 is 0 Å². The second-order valence-electron chi connectivity index (χ2n) is 5.90. The van der Waals surface area contributed by atoms with E-state index < -0.39 is 23.7 Å². The van der Waals surface area contributed by atoms with E-state index in [9.17, 15) is 18.4 Å². The number of hydrogen-bond donors (Lipinski definition) is 1. The van der Waals surface area contributed by atoms with Gasteiger partial charge in [0.1, 0.15) is 5.69 Å². The van der Waals surface area contributed by atoms with Crippen LogP contribution in [-0.2, 0) is 17.9 Å². The van der Waals surface area contributed by atoms with Crippen LogP contribution in [0.25, 0.3) is 0 Å². The first kappa shape index (κ1) is 17.1. The van der Waals surface area contributed by atoms with E-state index in [0.29, 0.717) is 13.1 Å². The van der Waals surface area contributed by atoms with Crippen molar-refractivity contribution < 1.29 is 23.5 Å². The number of nitrogens with zero attached hydrogens (tertiary/aromatic N) is 5. The van der Waals surface area contributed by atoms with Crippen molar-refractivity contribution in [2.75, 3.05) is 13.1 Å². The highest BCUT2D eigenvalue weighted by molar-refractivity contribution is 5.92. The average molecular weight is 353 g/mol. The van der Waals surface area contributed by atoms with Gasteiger partial charge >= 0.3 is 11.9 Å². The smallest absolute Gasteiger partial charge is 0.374 e. The fraction of sp³-hybridized carbons (Fsp3) is 0.467. The summed E-state index contributed by atoms with van der Waals surface area (Å²) in [5, 5.41) is 16.8. The number of alkyl halides is 2. The normalized spacial score (nSPS) is 17.8. The standard InChI is InChI=1S/C15H17F2N5O3/c16-15(17,14(24)25)11-2-6-20(10-11)13(23)12-3-7-22(19-12)9-8-21-5-1-4-18-21/h1,3-5,7,11H,2,6,8-10H2,(H,24,25). The van der Waals surface area contributed by atoms with Crippen LogP contribution in [0.5, 0.6) is 0 Å². The van der Waals surface area contributed by atoms with Crippen molar-refractivity contribution in [1.29, 1.82) is 0 Å². The molecule has 1 atom stereocenters. The molecule has 10 heteroatoms. The first-order valence-corrected chi connectivity index (χ1v) is 7.79. The molecule has 0 radical (unpaired) electrons. The molecular formula is C15H17F2N5O3. The molecule has 0 aromatic carbocycles. The van der Waals surface area contributed by atoms with Gasteiger partial charge in [0.25, 0.3) is 5.91 Å². The Morgan fingerprint density at radius 1 is 1.28 bits per heavy atom. The highest BCUT2D eigenvalue weighted by Gasteiger charge is 2.50. The zero-order valence-electron chi connectivity index (χ0n) is 13.3. The summed E-state index contributed by atoms with van der Waals surface area (Å²) < 4.78 is 30.4. The summed E-state index contributed by atoms with van der Waals surface area (Å²) in [5.41, 5.74) is 0.153. The molecular weight excluding hydrogens is 336 g/mol. The minimum absolute atomic E-state index is 0.0505. The molecule has 134 valence electrons. The Bertz CT molecular complexity index is 759. The number of rotatable bonds is 6. The number of amides is 1. The van der Waals surface area contributed by atoms with Gasteiger partial charge in [-0.25, -0.2) is 4.79 Å². The fourth-order valence-corrected chi connectivity index (χ4v) is 2.82. The molecule has 2 aromatic rings. The van der Waals surface area contributed by atoms with Crippen molar-refractivity contribution in [3.63, 3.8) is 0 Å². The lowest BCUT2D eigenvalue weighted by atomic mass is 10.0. The SMILES string of the molecule is O=C(c1ccn(CCn2cccn2)n1)N1CCC(C(F)(F)C(=O)O)C1. The van der Waals surface area contributed by atoms with Gasteiger partial charge in [-0.3, -0.25) is 14.2 Å². The summed E-state index contributed by atoms with van der Waals surface area (Å²) in [6, 6.07) is 3.32. The van der Waals surface area contributed by atoms with Crippen molar-refractivity contribution in [2.24, 2.45) is 5.92 Å². The highest BCUT2D eigenvalue weighted by atomic mass is 19.3. The minimum atomic E-state index is -3.84. The Balaban J connectivity index is 1.59. The molecule has 1 unspecified atom stereocenters. The van der Waals surface area contributed by atoms with Gasteiger partial charge in [0, 0.05) is 31.7 Å². The Kier molecular flexibility index (Phi) is 4.51. The van der Waals surface area contributed by atoms with Crippen LogP contribution in [0, 0.1) is 5.92 Å². The maximum atomic E-state index is 13.6. The van der Waals surface area contributed by atoms with Gasteiger partial charge in [-0.2, -0.15) is 19.0 Å². The Morgan fingerprint density at radius 2 is 2.04 bits per heavy atom. The van der Waals surface area contributed by atoms with Gasteiger partial charge in [0.2, 0.25) is 0 Å². The number of aliphatic carboxylic acids is 1. The van der Waals surface area contributed by atoms with Crippen molar-refractivity contribution >= 4 is 11.9 Å². The molecule has 1 fully saturated rings. The first-order valence-electron chi connectivity index (χ1n) is 7.79. The van der Waals surface area contributed by atoms with Crippen LogP contribution in [0.2, 0.25) is 0 Å². The van der Waals surface area contributed by atoms with E-state index in [1.54, 1.807) is 27.8 Å². The van der Waals surface area contributed by atoms with Crippen LogP contribution in [-0.4, -0.2) is 60.5 Å². The number of likely N-dealkylation sites (tertiary alicyclic amines) is 1. The molecule has 1 aliphatic heterocycles. The number of hydrogen-bond acceptors (Lipinski definition) is 4. The van der Waals surface area contributed by atoms with Crippen molar-refractivity contribution in [1.82, 2.24) is 24.5 Å². The number of halogens is 2. The quantitative estimate of drug-likeness (QED) is 0.835. The summed E-state index contributed by atoms with van der Waals surface area (Å²) in [4.78, 5) is 24.3. The van der Waals surface area contributed by atoms with Crippen LogP contribution in [0.15, 0.2) is 30.7 Å². The predicted octanol–water partition coefficient (Wildman–Crippen LogP) is 0.962. The monoisotopic (exact) mass is 353 g/mol. The molecule has 8 nitrogen and oxygen atoms in total. The summed E-state index contributed by atoms with van der Waals surface area (Å²) >= 11 is 0. The lowest BCUT2D eigenvalue weighted by molar-refractivity contribution is -0.172. The molecule has 1 aliphatic rings. The maximum Gasteiger partial charge on any atom is 0.374 e. The first-order chi connectivity index (χ1) is 11.9. The van der Waals surface area contributed by atoms with Crippen LogP contribution in [0.4, 0.5) is 8.78 Å². The fourth-order valence-electron chi connectivity index (χ4n) is 2.82. The van der Waals surface area contributed by atoms with Crippen molar-refractivity contribution in [2.45, 2.75) is 25.4 Å². The molecule has 0 bridgehead atoms. The second kappa shape index (κ2) is 6.61. The topological polar surface area (TPSA) is 93.3 Å². The van der Waals surface area contributed by atoms with Gasteiger partial charge in [0.15, 0.2) is 0 Å². The third kappa shape index (κ3) is 3.52. The highest BCUT2D eigenvalue weighted by Crippen LogP contribution is 2.33. The maximum absolute atomic E-state index is 13.6. The van der Waals surface area contributed by atoms with E-state index in [0.717, 1.165) is 0 Å². The third-order valence-corrected chi connectivity index (χ3v) is 4.25. The number of aryl methyl sites for hydroxylation is 2. The van der Waals surface area contributed by atoms with E-state index in [1.165, 1.54) is 11.0 Å². The lowest BCUT2D eigenvalue weighted by Gasteiger charge is -2.19. The summed E-state index contributed by atoms with van der Waals surface area (Å²) in [5.74, 6) is -7.84. The lowest BCUT2D eigenvalue weighted by Crippen LogP contribution is -2.39. The largest absolute Gasteiger partial charge is 0.477 e. The average Bonchev–Trinajstić information content (AvgIpc) is 3.32. The zero-order valence-corrected chi connectivity index (χ0v) is 13.3. The van der Waals surface area contributed by atoms with Crippen molar-refractivity contribution in [3.05, 3.63) is 36.4 Å². The molecule has 3 rings (SSSR count). The molecule has 25 heavy (non-hydrogen) atoms. The molecule has 0 aliphatic carbocycles. The predicted molar refractivity (Wildman–Crippen MR) is 81.0 cm³/mol. The molecule has 0 saturated carbocycles. The summed E-state index contributed by atoms with van der Waals surface area (Å²) in [6.07, 6.45) is 5.05. The van der Waals surface area contributed by atoms with E-state index in [1.807, 2.05) is 6.20 Å². The number of carboxylic acids is 1. The molecule has 1 amide bonds. The Labute approximate surface area is 141 Å². The van der Waals surface area contributed by atoms with Gasteiger partial charge in [-0.1, -0.05) is 0 Å². The third-order valence-electron chi connectivity index (χ3n) is 4.25. The van der Waals surface area contributed by atoms with E-state index in [-0.39, 0.29) is 25.2 Å². The number of carboxylic acid groups (broad SMARTS) is 1. The van der Waals surface area contributed by atoms with Crippen molar-refractivity contribution in [3.8, 4) is 0 Å². The molecule has 0 spiro atoms. The second-order valence-corrected chi connectivity index (χ2v) is 5.90. The van der Waals surface area contributed by atoms with E-state index in [4.69, 9.17) is 5.11 Å². The van der Waals surface area contributed by atoms with Crippen LogP contribution < -0.4 is 0 Å².